The van der Waals surface area contributed by atoms with Gasteiger partial charge >= 0.3 is 0 Å². The molecule has 1 aliphatic heterocycles. The molecule has 1 amide bonds. The SMILES string of the molecule is CCCC(=O)Nc1ccc(OCC(O)CNC(C)C)c(C(C)=O)c1.Clc1cccc(Cl)c1N=C1NCCN1. The lowest BCUT2D eigenvalue weighted by Crippen LogP contribution is -2.35. The molecule has 3 rings (SSSR count). The van der Waals surface area contributed by atoms with Gasteiger partial charge in [-0.3, -0.25) is 9.59 Å². The number of hydrogen-bond donors (Lipinski definition) is 5. The van der Waals surface area contributed by atoms with E-state index >= 15 is 0 Å². The number of ether oxygens (including phenoxy) is 1. The van der Waals surface area contributed by atoms with Crippen molar-refractivity contribution in [3.05, 3.63) is 52.0 Å². The monoisotopic (exact) mass is 565 g/mol. The number of anilines is 1. The van der Waals surface area contributed by atoms with Crippen LogP contribution in [0.5, 0.6) is 5.75 Å². The van der Waals surface area contributed by atoms with Crippen molar-refractivity contribution in [2.75, 3.05) is 31.6 Å². The van der Waals surface area contributed by atoms with Crippen LogP contribution in [0.4, 0.5) is 11.4 Å². The van der Waals surface area contributed by atoms with Crippen LogP contribution in [0.15, 0.2) is 41.4 Å². The number of aliphatic hydroxyl groups excluding tert-OH is 1. The average Bonchev–Trinajstić information content (AvgIpc) is 3.38. The van der Waals surface area contributed by atoms with Gasteiger partial charge in [-0.25, -0.2) is 4.99 Å². The van der Waals surface area contributed by atoms with Crippen molar-refractivity contribution in [2.24, 2.45) is 4.99 Å². The van der Waals surface area contributed by atoms with Crippen molar-refractivity contribution in [3.8, 4) is 5.75 Å². The van der Waals surface area contributed by atoms with Gasteiger partial charge in [-0.05, 0) is 43.7 Å². The van der Waals surface area contributed by atoms with Crippen LogP contribution in [0.25, 0.3) is 0 Å². The number of Topliss-reactive ketones (excluding diaryl/α,β-unsaturated/α-hetero) is 1. The second-order valence-electron chi connectivity index (χ2n) is 8.98. The first kappa shape index (κ1) is 31.4. The van der Waals surface area contributed by atoms with Crippen LogP contribution in [-0.2, 0) is 4.79 Å². The second-order valence-corrected chi connectivity index (χ2v) is 9.79. The Balaban J connectivity index is 0.000000304. The molecule has 2 aromatic carbocycles. The molecule has 0 spiro atoms. The number of nitrogens with zero attached hydrogens (tertiary/aromatic N) is 1. The van der Waals surface area contributed by atoms with Crippen LogP contribution in [-0.4, -0.2) is 61.1 Å². The van der Waals surface area contributed by atoms with E-state index in [-0.39, 0.29) is 24.3 Å². The molecule has 0 radical (unpaired) electrons. The van der Waals surface area contributed by atoms with Gasteiger partial charge in [-0.15, -0.1) is 0 Å². The minimum Gasteiger partial charge on any atom is -0.490 e. The highest BCUT2D eigenvalue weighted by Crippen LogP contribution is 2.32. The topological polar surface area (TPSA) is 124 Å². The predicted molar refractivity (Wildman–Crippen MR) is 154 cm³/mol. The van der Waals surface area contributed by atoms with Gasteiger partial charge in [0.25, 0.3) is 0 Å². The molecule has 1 saturated heterocycles. The van der Waals surface area contributed by atoms with Crippen LogP contribution in [0.3, 0.4) is 0 Å². The molecule has 0 saturated carbocycles. The maximum Gasteiger partial charge on any atom is 0.224 e. The van der Waals surface area contributed by atoms with E-state index in [1.807, 2.05) is 20.8 Å². The van der Waals surface area contributed by atoms with Crippen LogP contribution >= 0.6 is 23.2 Å². The Morgan fingerprint density at radius 3 is 2.37 bits per heavy atom. The Kier molecular flexibility index (Phi) is 13.4. The van der Waals surface area contributed by atoms with Crippen LogP contribution in [0, 0.1) is 0 Å². The summed E-state index contributed by atoms with van der Waals surface area (Å²) in [5.41, 5.74) is 1.55. The summed E-state index contributed by atoms with van der Waals surface area (Å²) >= 11 is 11.9. The standard InChI is InChI=1S/C18H28N2O4.C9H9Cl2N3/c1-5-6-18(23)20-14-7-8-17(16(9-14)13(4)21)24-11-15(22)10-19-12(2)3;10-6-2-1-3-7(11)8(6)14-9-12-4-5-13-9/h7-9,12,15,19,22H,5-6,10-11H2,1-4H3,(H,20,23);1-3H,4-5H2,(H2,12,13,14). The van der Waals surface area contributed by atoms with E-state index < -0.39 is 6.10 Å². The van der Waals surface area contributed by atoms with Gasteiger partial charge in [0.1, 0.15) is 24.1 Å². The molecule has 2 aromatic rings. The summed E-state index contributed by atoms with van der Waals surface area (Å²) in [6.07, 6.45) is 0.522. The molecule has 11 heteroatoms. The highest BCUT2D eigenvalue weighted by Gasteiger charge is 2.13. The third-order valence-corrected chi connectivity index (χ3v) is 5.79. The first-order valence-corrected chi connectivity index (χ1v) is 13.4. The lowest BCUT2D eigenvalue weighted by atomic mass is 10.1. The molecular weight excluding hydrogens is 529 g/mol. The van der Waals surface area contributed by atoms with Crippen molar-refractivity contribution >= 4 is 52.2 Å². The van der Waals surface area contributed by atoms with Crippen molar-refractivity contribution < 1.29 is 19.4 Å². The molecule has 38 heavy (non-hydrogen) atoms. The van der Waals surface area contributed by atoms with E-state index in [9.17, 15) is 14.7 Å². The number of benzene rings is 2. The fourth-order valence-corrected chi connectivity index (χ4v) is 3.77. The number of guanidine groups is 1. The maximum atomic E-state index is 11.8. The number of aliphatic hydroxyl groups is 1. The summed E-state index contributed by atoms with van der Waals surface area (Å²) < 4.78 is 5.58. The molecule has 1 aliphatic rings. The summed E-state index contributed by atoms with van der Waals surface area (Å²) in [4.78, 5) is 27.8. The smallest absolute Gasteiger partial charge is 0.224 e. The zero-order valence-corrected chi connectivity index (χ0v) is 23.7. The molecule has 5 N–H and O–H groups in total. The molecule has 1 heterocycles. The van der Waals surface area contributed by atoms with Gasteiger partial charge < -0.3 is 31.1 Å². The molecule has 1 fully saturated rings. The summed E-state index contributed by atoms with van der Waals surface area (Å²) in [6, 6.07) is 10.5. The largest absolute Gasteiger partial charge is 0.490 e. The Hall–Kier alpha value is -2.85. The third kappa shape index (κ3) is 10.9. The zero-order chi connectivity index (χ0) is 28.1. The number of para-hydroxylation sites is 1. The Morgan fingerprint density at radius 1 is 1.13 bits per heavy atom. The highest BCUT2D eigenvalue weighted by molar-refractivity contribution is 6.38. The summed E-state index contributed by atoms with van der Waals surface area (Å²) in [7, 11) is 0. The number of aliphatic imine (C=N–C) groups is 1. The number of ketones is 1. The van der Waals surface area contributed by atoms with Gasteiger partial charge in [-0.1, -0.05) is 50.0 Å². The van der Waals surface area contributed by atoms with E-state index in [4.69, 9.17) is 27.9 Å². The number of carbonyl (C=O) groups excluding carboxylic acids is 2. The third-order valence-electron chi connectivity index (χ3n) is 5.18. The van der Waals surface area contributed by atoms with E-state index in [0.29, 0.717) is 45.7 Å². The molecule has 9 nitrogen and oxygen atoms in total. The average molecular weight is 567 g/mol. The van der Waals surface area contributed by atoms with Crippen LogP contribution in [0.1, 0.15) is 50.9 Å². The van der Waals surface area contributed by atoms with Gasteiger partial charge in [0, 0.05) is 37.8 Å². The number of rotatable bonds is 11. The maximum absolute atomic E-state index is 11.8. The number of nitrogens with one attached hydrogen (secondary N) is 4. The number of carbonyl (C=O) groups is 2. The minimum absolute atomic E-state index is 0.0849. The lowest BCUT2D eigenvalue weighted by molar-refractivity contribution is -0.116. The minimum atomic E-state index is -0.670. The Morgan fingerprint density at radius 2 is 1.79 bits per heavy atom. The van der Waals surface area contributed by atoms with E-state index in [0.717, 1.165) is 25.5 Å². The quantitative estimate of drug-likeness (QED) is 0.253. The number of amides is 1. The molecule has 0 aromatic heterocycles. The molecule has 0 bridgehead atoms. The first-order chi connectivity index (χ1) is 18.1. The molecule has 1 unspecified atom stereocenters. The van der Waals surface area contributed by atoms with Crippen molar-refractivity contribution in [1.82, 2.24) is 16.0 Å². The number of hydrogen-bond acceptors (Lipinski definition) is 6. The van der Waals surface area contributed by atoms with Crippen LogP contribution in [0.2, 0.25) is 10.0 Å². The normalized spacial score (nSPS) is 13.1. The van der Waals surface area contributed by atoms with Crippen LogP contribution < -0.4 is 26.0 Å². The van der Waals surface area contributed by atoms with E-state index in [1.54, 1.807) is 36.4 Å². The second kappa shape index (κ2) is 16.2. The highest BCUT2D eigenvalue weighted by atomic mass is 35.5. The van der Waals surface area contributed by atoms with Gasteiger partial charge in [0.05, 0.1) is 15.6 Å². The van der Waals surface area contributed by atoms with E-state index in [1.165, 1.54) is 6.92 Å². The number of halogens is 2. The van der Waals surface area contributed by atoms with Gasteiger partial charge in [-0.2, -0.15) is 0 Å². The fourth-order valence-electron chi connectivity index (χ4n) is 3.29. The first-order valence-electron chi connectivity index (χ1n) is 12.6. The van der Waals surface area contributed by atoms with Crippen molar-refractivity contribution in [3.63, 3.8) is 0 Å². The zero-order valence-electron chi connectivity index (χ0n) is 22.2. The van der Waals surface area contributed by atoms with Gasteiger partial charge in [0.2, 0.25) is 5.91 Å². The Labute approximate surface area is 234 Å². The van der Waals surface area contributed by atoms with Crippen molar-refractivity contribution in [2.45, 2.75) is 52.7 Å². The summed E-state index contributed by atoms with van der Waals surface area (Å²) in [5, 5.41) is 23.0. The Bertz CT molecular complexity index is 1080. The van der Waals surface area contributed by atoms with E-state index in [2.05, 4.69) is 26.3 Å². The lowest BCUT2D eigenvalue weighted by Gasteiger charge is -2.17. The molecule has 1 atom stereocenters. The van der Waals surface area contributed by atoms with Gasteiger partial charge in [0.15, 0.2) is 11.7 Å². The summed E-state index contributed by atoms with van der Waals surface area (Å²) in [5.74, 6) is 0.877. The fraction of sp³-hybridized carbons (Fsp3) is 0.444. The summed E-state index contributed by atoms with van der Waals surface area (Å²) in [6.45, 7) is 9.61. The molecule has 208 valence electrons. The van der Waals surface area contributed by atoms with Crippen molar-refractivity contribution in [1.29, 1.82) is 0 Å². The molecular formula is C27H37Cl2N5O4. The molecule has 0 aliphatic carbocycles. The predicted octanol–water partition coefficient (Wildman–Crippen LogP) is 4.54.